The van der Waals surface area contributed by atoms with Crippen LogP contribution in [-0.4, -0.2) is 40.6 Å². The molecule has 0 aliphatic carbocycles. The number of benzene rings is 1. The second-order valence-electron chi connectivity index (χ2n) is 7.06. The number of carbonyl (C=O) groups excluding carboxylic acids is 1. The molecule has 1 aliphatic heterocycles. The Morgan fingerprint density at radius 2 is 1.91 bits per heavy atom. The second kappa shape index (κ2) is 7.45. The number of amides is 1. The Morgan fingerprint density at radius 1 is 1.30 bits per heavy atom. The summed E-state index contributed by atoms with van der Waals surface area (Å²) in [5, 5.41) is 12.8. The third-order valence-electron chi connectivity index (χ3n) is 4.84. The molecule has 1 saturated heterocycles. The first-order chi connectivity index (χ1) is 10.8. The molecule has 0 aromatic heterocycles. The zero-order valence-electron chi connectivity index (χ0n) is 15.0. The molecule has 1 amide bonds. The fourth-order valence-corrected chi connectivity index (χ4v) is 3.77. The fourth-order valence-electron chi connectivity index (χ4n) is 3.77. The van der Waals surface area contributed by atoms with E-state index in [4.69, 9.17) is 0 Å². The molecule has 0 spiro atoms. The molecular formula is C19H30N2O2. The summed E-state index contributed by atoms with van der Waals surface area (Å²) in [6.45, 7) is 10.9. The average Bonchev–Trinajstić information content (AvgIpc) is 2.88. The molecule has 0 saturated carbocycles. The van der Waals surface area contributed by atoms with Gasteiger partial charge in [-0.15, -0.1) is 0 Å². The van der Waals surface area contributed by atoms with E-state index in [1.165, 1.54) is 5.56 Å². The third-order valence-corrected chi connectivity index (χ3v) is 4.84. The van der Waals surface area contributed by atoms with Gasteiger partial charge in [0.05, 0.1) is 12.1 Å². The van der Waals surface area contributed by atoms with Crippen LogP contribution in [0.4, 0.5) is 5.69 Å². The molecule has 3 unspecified atom stereocenters. The fraction of sp³-hybridized carbons (Fsp3) is 0.632. The van der Waals surface area contributed by atoms with Gasteiger partial charge in [-0.3, -0.25) is 9.69 Å². The minimum atomic E-state index is -0.322. The van der Waals surface area contributed by atoms with E-state index in [2.05, 4.69) is 29.3 Å². The van der Waals surface area contributed by atoms with Crippen LogP contribution < -0.4 is 5.32 Å². The van der Waals surface area contributed by atoms with Crippen LogP contribution in [0.15, 0.2) is 12.1 Å². The Labute approximate surface area is 139 Å². The molecule has 2 N–H and O–H groups in total. The molecule has 1 heterocycles. The van der Waals surface area contributed by atoms with Crippen molar-refractivity contribution in [3.63, 3.8) is 0 Å². The molecule has 128 valence electrons. The highest BCUT2D eigenvalue weighted by atomic mass is 16.3. The zero-order valence-corrected chi connectivity index (χ0v) is 15.0. The summed E-state index contributed by atoms with van der Waals surface area (Å²) >= 11 is 0. The van der Waals surface area contributed by atoms with Gasteiger partial charge >= 0.3 is 0 Å². The lowest BCUT2D eigenvalue weighted by Gasteiger charge is -2.30. The lowest BCUT2D eigenvalue weighted by molar-refractivity contribution is -0.121. The quantitative estimate of drug-likeness (QED) is 0.877. The van der Waals surface area contributed by atoms with Crippen LogP contribution in [0, 0.1) is 20.8 Å². The number of likely N-dealkylation sites (tertiary alicyclic amines) is 1. The molecule has 0 radical (unpaired) electrons. The van der Waals surface area contributed by atoms with Crippen LogP contribution in [0.2, 0.25) is 0 Å². The van der Waals surface area contributed by atoms with Crippen LogP contribution in [0.5, 0.6) is 0 Å². The van der Waals surface area contributed by atoms with Crippen molar-refractivity contribution in [1.82, 2.24) is 4.90 Å². The first kappa shape index (κ1) is 18.0. The standard InChI is InChI=1S/C19H30N2O2/c1-12-9-13(2)18(14(3)10-12)20-19(23)16(5)21-8-6-7-17(21)11-15(4)22/h9-10,15-17,22H,6-8,11H2,1-5H3,(H,20,23). The first-order valence-corrected chi connectivity index (χ1v) is 8.62. The normalized spacial score (nSPS) is 21.2. The minimum Gasteiger partial charge on any atom is -0.393 e. The lowest BCUT2D eigenvalue weighted by Crippen LogP contribution is -2.45. The van der Waals surface area contributed by atoms with Gasteiger partial charge < -0.3 is 10.4 Å². The first-order valence-electron chi connectivity index (χ1n) is 8.62. The average molecular weight is 318 g/mol. The van der Waals surface area contributed by atoms with Gasteiger partial charge in [0, 0.05) is 11.7 Å². The Balaban J connectivity index is 2.08. The van der Waals surface area contributed by atoms with Gasteiger partial charge in [-0.05, 0) is 71.6 Å². The van der Waals surface area contributed by atoms with E-state index in [9.17, 15) is 9.90 Å². The minimum absolute atomic E-state index is 0.0394. The highest BCUT2D eigenvalue weighted by Crippen LogP contribution is 2.26. The van der Waals surface area contributed by atoms with Crippen molar-refractivity contribution < 1.29 is 9.90 Å². The van der Waals surface area contributed by atoms with Crippen LogP contribution in [0.25, 0.3) is 0 Å². The highest BCUT2D eigenvalue weighted by molar-refractivity contribution is 5.96. The highest BCUT2D eigenvalue weighted by Gasteiger charge is 2.32. The molecule has 1 aliphatic rings. The summed E-state index contributed by atoms with van der Waals surface area (Å²) < 4.78 is 0. The van der Waals surface area contributed by atoms with E-state index in [0.29, 0.717) is 6.04 Å². The van der Waals surface area contributed by atoms with E-state index in [1.807, 2.05) is 27.7 Å². The molecule has 1 aromatic rings. The monoisotopic (exact) mass is 318 g/mol. The number of nitrogens with zero attached hydrogens (tertiary/aromatic N) is 1. The molecule has 0 bridgehead atoms. The number of aliphatic hydroxyl groups is 1. The number of rotatable bonds is 5. The summed E-state index contributed by atoms with van der Waals surface area (Å²) in [4.78, 5) is 14.9. The molecule has 1 fully saturated rings. The van der Waals surface area contributed by atoms with Gasteiger partial charge in [-0.1, -0.05) is 17.7 Å². The van der Waals surface area contributed by atoms with Gasteiger partial charge in [0.2, 0.25) is 5.91 Å². The Hall–Kier alpha value is -1.39. The molecule has 3 atom stereocenters. The van der Waals surface area contributed by atoms with Crippen molar-refractivity contribution in [2.24, 2.45) is 0 Å². The summed E-state index contributed by atoms with van der Waals surface area (Å²) in [5.41, 5.74) is 4.34. The SMILES string of the molecule is Cc1cc(C)c(NC(=O)C(C)N2CCCC2CC(C)O)c(C)c1. The third kappa shape index (κ3) is 4.33. The van der Waals surface area contributed by atoms with Crippen molar-refractivity contribution in [3.8, 4) is 0 Å². The van der Waals surface area contributed by atoms with Gasteiger partial charge in [-0.25, -0.2) is 0 Å². The van der Waals surface area contributed by atoms with Crippen molar-refractivity contribution in [3.05, 3.63) is 28.8 Å². The van der Waals surface area contributed by atoms with Crippen molar-refractivity contribution in [2.75, 3.05) is 11.9 Å². The number of hydrogen-bond donors (Lipinski definition) is 2. The van der Waals surface area contributed by atoms with Gasteiger partial charge in [0.15, 0.2) is 0 Å². The van der Waals surface area contributed by atoms with Crippen LogP contribution >= 0.6 is 0 Å². The smallest absolute Gasteiger partial charge is 0.241 e. The lowest BCUT2D eigenvalue weighted by atomic mass is 10.0. The van der Waals surface area contributed by atoms with Crippen LogP contribution in [0.3, 0.4) is 0 Å². The second-order valence-corrected chi connectivity index (χ2v) is 7.06. The summed E-state index contributed by atoms with van der Waals surface area (Å²) in [5.74, 6) is 0.0394. The molecule has 23 heavy (non-hydrogen) atoms. The molecule has 2 rings (SSSR count). The van der Waals surface area contributed by atoms with Crippen molar-refractivity contribution >= 4 is 11.6 Å². The number of anilines is 1. The largest absolute Gasteiger partial charge is 0.393 e. The maximum atomic E-state index is 12.7. The Kier molecular flexibility index (Phi) is 5.82. The zero-order chi connectivity index (χ0) is 17.1. The van der Waals surface area contributed by atoms with Gasteiger partial charge in [0.1, 0.15) is 0 Å². The Bertz CT molecular complexity index is 545. The number of aliphatic hydroxyl groups excluding tert-OH is 1. The van der Waals surface area contributed by atoms with Gasteiger partial charge in [-0.2, -0.15) is 0 Å². The van der Waals surface area contributed by atoms with Crippen LogP contribution in [0.1, 0.15) is 49.8 Å². The predicted molar refractivity (Wildman–Crippen MR) is 94.8 cm³/mol. The summed E-state index contributed by atoms with van der Waals surface area (Å²) in [6, 6.07) is 4.32. The summed E-state index contributed by atoms with van der Waals surface area (Å²) in [6.07, 6.45) is 2.57. The van der Waals surface area contributed by atoms with Crippen LogP contribution in [-0.2, 0) is 4.79 Å². The van der Waals surface area contributed by atoms with E-state index < -0.39 is 0 Å². The number of nitrogens with one attached hydrogen (secondary N) is 1. The predicted octanol–water partition coefficient (Wildman–Crippen LogP) is 3.17. The maximum absolute atomic E-state index is 12.7. The maximum Gasteiger partial charge on any atom is 0.241 e. The number of hydrogen-bond acceptors (Lipinski definition) is 3. The van der Waals surface area contributed by atoms with E-state index >= 15 is 0 Å². The van der Waals surface area contributed by atoms with Crippen molar-refractivity contribution in [2.45, 2.75) is 72.1 Å². The summed E-state index contributed by atoms with van der Waals surface area (Å²) in [7, 11) is 0. The van der Waals surface area contributed by atoms with E-state index in [1.54, 1.807) is 0 Å². The van der Waals surface area contributed by atoms with E-state index in [-0.39, 0.29) is 18.1 Å². The number of carbonyl (C=O) groups is 1. The van der Waals surface area contributed by atoms with Gasteiger partial charge in [0.25, 0.3) is 0 Å². The molecular weight excluding hydrogens is 288 g/mol. The topological polar surface area (TPSA) is 52.6 Å². The van der Waals surface area contributed by atoms with Crippen molar-refractivity contribution in [1.29, 1.82) is 0 Å². The molecule has 4 heteroatoms. The van der Waals surface area contributed by atoms with E-state index in [0.717, 1.165) is 42.6 Å². The molecule has 1 aromatic carbocycles. The molecule has 4 nitrogen and oxygen atoms in total. The number of aryl methyl sites for hydroxylation is 3. The Morgan fingerprint density at radius 3 is 2.48 bits per heavy atom.